The van der Waals surface area contributed by atoms with Gasteiger partial charge in [0.25, 0.3) is 5.91 Å². The van der Waals surface area contributed by atoms with Crippen LogP contribution in [0.2, 0.25) is 5.02 Å². The predicted octanol–water partition coefficient (Wildman–Crippen LogP) is 4.05. The molecule has 150 valence electrons. The summed E-state index contributed by atoms with van der Waals surface area (Å²) in [5, 5.41) is 3.54. The Balaban J connectivity index is 2.10. The van der Waals surface area contributed by atoms with Gasteiger partial charge in [0.15, 0.2) is 6.61 Å². The Morgan fingerprint density at radius 1 is 1.07 bits per heavy atom. The summed E-state index contributed by atoms with van der Waals surface area (Å²) in [5.41, 5.74) is 0.950. The van der Waals surface area contributed by atoms with E-state index in [1.54, 1.807) is 36.1 Å². The molecular formula is C22H27ClN2O3. The highest BCUT2D eigenvalue weighted by Crippen LogP contribution is 2.16. The second-order valence-corrected chi connectivity index (χ2v) is 7.18. The molecule has 0 aliphatic rings. The van der Waals surface area contributed by atoms with Gasteiger partial charge in [-0.3, -0.25) is 9.59 Å². The lowest BCUT2D eigenvalue weighted by Gasteiger charge is -2.29. The van der Waals surface area contributed by atoms with Gasteiger partial charge in [0, 0.05) is 17.6 Å². The molecule has 0 fully saturated rings. The van der Waals surface area contributed by atoms with Gasteiger partial charge in [-0.1, -0.05) is 48.9 Å². The van der Waals surface area contributed by atoms with Crippen molar-refractivity contribution < 1.29 is 14.3 Å². The highest BCUT2D eigenvalue weighted by atomic mass is 35.5. The number of benzene rings is 2. The number of carbonyl (C=O) groups excluding carboxylic acids is 2. The Labute approximate surface area is 171 Å². The van der Waals surface area contributed by atoms with Crippen LogP contribution in [-0.2, 0) is 16.1 Å². The van der Waals surface area contributed by atoms with Crippen molar-refractivity contribution in [3.63, 3.8) is 0 Å². The highest BCUT2D eigenvalue weighted by Gasteiger charge is 2.27. The van der Waals surface area contributed by atoms with Crippen LogP contribution in [0.5, 0.6) is 5.75 Å². The van der Waals surface area contributed by atoms with Gasteiger partial charge in [-0.2, -0.15) is 0 Å². The summed E-state index contributed by atoms with van der Waals surface area (Å²) in [5.74, 6) is 0.116. The standard InChI is InChI=1S/C22H27ClN2O3/c1-4-16(2)24-22(27)17(3)25(14-18-8-6-5-7-9-18)21(26)15-28-20-12-10-19(23)11-13-20/h5-13,16-17H,4,14-15H2,1-3H3,(H,24,27). The van der Waals surface area contributed by atoms with Crippen LogP contribution < -0.4 is 10.1 Å². The smallest absolute Gasteiger partial charge is 0.261 e. The van der Waals surface area contributed by atoms with Gasteiger partial charge in [-0.25, -0.2) is 0 Å². The van der Waals surface area contributed by atoms with Crippen LogP contribution in [-0.4, -0.2) is 35.4 Å². The second-order valence-electron chi connectivity index (χ2n) is 6.74. The molecular weight excluding hydrogens is 376 g/mol. The maximum absolute atomic E-state index is 12.9. The van der Waals surface area contributed by atoms with E-state index in [1.807, 2.05) is 44.2 Å². The second kappa shape index (κ2) is 10.7. The predicted molar refractivity (Wildman–Crippen MR) is 111 cm³/mol. The number of hydrogen-bond donors (Lipinski definition) is 1. The normalized spacial score (nSPS) is 12.7. The Morgan fingerprint density at radius 2 is 1.71 bits per heavy atom. The monoisotopic (exact) mass is 402 g/mol. The van der Waals surface area contributed by atoms with Gasteiger partial charge in [-0.05, 0) is 50.1 Å². The first-order valence-corrected chi connectivity index (χ1v) is 9.80. The maximum Gasteiger partial charge on any atom is 0.261 e. The fourth-order valence-electron chi connectivity index (χ4n) is 2.59. The largest absolute Gasteiger partial charge is 0.484 e. The zero-order valence-electron chi connectivity index (χ0n) is 16.5. The summed E-state index contributed by atoms with van der Waals surface area (Å²) in [6.07, 6.45) is 0.824. The SMILES string of the molecule is CCC(C)NC(=O)C(C)N(Cc1ccccc1)C(=O)COc1ccc(Cl)cc1. The third-order valence-corrected chi connectivity index (χ3v) is 4.79. The van der Waals surface area contributed by atoms with Crippen molar-refractivity contribution in [2.45, 2.75) is 45.8 Å². The lowest BCUT2D eigenvalue weighted by atomic mass is 10.1. The molecule has 1 N–H and O–H groups in total. The third-order valence-electron chi connectivity index (χ3n) is 4.54. The molecule has 2 aromatic rings. The molecule has 0 spiro atoms. The Kier molecular flexibility index (Phi) is 8.33. The highest BCUT2D eigenvalue weighted by molar-refractivity contribution is 6.30. The van der Waals surface area contributed by atoms with E-state index in [0.29, 0.717) is 17.3 Å². The minimum atomic E-state index is -0.615. The van der Waals surface area contributed by atoms with Crippen LogP contribution >= 0.6 is 11.6 Å². The van der Waals surface area contributed by atoms with Crippen molar-refractivity contribution in [2.75, 3.05) is 6.61 Å². The number of rotatable bonds is 9. The zero-order chi connectivity index (χ0) is 20.5. The zero-order valence-corrected chi connectivity index (χ0v) is 17.3. The first kappa shape index (κ1) is 21.8. The van der Waals surface area contributed by atoms with Crippen LogP contribution in [0, 0.1) is 0 Å². The molecule has 2 unspecified atom stereocenters. The molecule has 0 saturated heterocycles. The quantitative estimate of drug-likeness (QED) is 0.688. The lowest BCUT2D eigenvalue weighted by Crippen LogP contribution is -2.50. The van der Waals surface area contributed by atoms with Crippen molar-refractivity contribution in [3.8, 4) is 5.75 Å². The Hall–Kier alpha value is -2.53. The molecule has 0 aliphatic carbocycles. The molecule has 0 bridgehead atoms. The van der Waals surface area contributed by atoms with Crippen molar-refractivity contribution in [1.29, 1.82) is 0 Å². The summed E-state index contributed by atoms with van der Waals surface area (Å²) in [7, 11) is 0. The Morgan fingerprint density at radius 3 is 2.32 bits per heavy atom. The van der Waals surface area contributed by atoms with Crippen LogP contribution in [0.4, 0.5) is 0 Å². The van der Waals surface area contributed by atoms with Gasteiger partial charge in [0.1, 0.15) is 11.8 Å². The molecule has 6 heteroatoms. The van der Waals surface area contributed by atoms with E-state index in [4.69, 9.17) is 16.3 Å². The number of nitrogens with zero attached hydrogens (tertiary/aromatic N) is 1. The summed E-state index contributed by atoms with van der Waals surface area (Å²) in [6.45, 7) is 5.86. The van der Waals surface area contributed by atoms with E-state index in [1.165, 1.54) is 0 Å². The number of nitrogens with one attached hydrogen (secondary N) is 1. The maximum atomic E-state index is 12.9. The fourth-order valence-corrected chi connectivity index (χ4v) is 2.71. The van der Waals surface area contributed by atoms with E-state index in [-0.39, 0.29) is 24.5 Å². The van der Waals surface area contributed by atoms with Gasteiger partial charge < -0.3 is 15.0 Å². The summed E-state index contributed by atoms with van der Waals surface area (Å²) in [4.78, 5) is 27.0. The average molecular weight is 403 g/mol. The van der Waals surface area contributed by atoms with Crippen LogP contribution in [0.1, 0.15) is 32.8 Å². The molecule has 5 nitrogen and oxygen atoms in total. The number of ether oxygens (including phenoxy) is 1. The average Bonchev–Trinajstić information content (AvgIpc) is 2.71. The molecule has 2 atom stereocenters. The third kappa shape index (κ3) is 6.57. The minimum Gasteiger partial charge on any atom is -0.484 e. The summed E-state index contributed by atoms with van der Waals surface area (Å²) < 4.78 is 5.59. The van der Waals surface area contributed by atoms with Crippen LogP contribution in [0.15, 0.2) is 54.6 Å². The molecule has 0 aromatic heterocycles. The number of carbonyl (C=O) groups is 2. The topological polar surface area (TPSA) is 58.6 Å². The molecule has 28 heavy (non-hydrogen) atoms. The minimum absolute atomic E-state index is 0.0499. The molecule has 2 aromatic carbocycles. The van der Waals surface area contributed by atoms with E-state index in [2.05, 4.69) is 5.32 Å². The van der Waals surface area contributed by atoms with Gasteiger partial charge in [0.05, 0.1) is 0 Å². The Bertz CT molecular complexity index is 765. The van der Waals surface area contributed by atoms with Crippen LogP contribution in [0.25, 0.3) is 0 Å². The molecule has 0 radical (unpaired) electrons. The van der Waals surface area contributed by atoms with Gasteiger partial charge in [0.2, 0.25) is 5.91 Å². The lowest BCUT2D eigenvalue weighted by molar-refractivity contribution is -0.142. The molecule has 0 saturated carbocycles. The molecule has 0 aliphatic heterocycles. The summed E-state index contributed by atoms with van der Waals surface area (Å²) >= 11 is 5.87. The van der Waals surface area contributed by atoms with E-state index < -0.39 is 6.04 Å². The van der Waals surface area contributed by atoms with Gasteiger partial charge >= 0.3 is 0 Å². The first-order chi connectivity index (χ1) is 13.4. The van der Waals surface area contributed by atoms with Crippen molar-refractivity contribution in [2.24, 2.45) is 0 Å². The molecule has 2 rings (SSSR count). The van der Waals surface area contributed by atoms with Crippen LogP contribution in [0.3, 0.4) is 0 Å². The molecule has 0 heterocycles. The van der Waals surface area contributed by atoms with Gasteiger partial charge in [-0.15, -0.1) is 0 Å². The van der Waals surface area contributed by atoms with E-state index in [9.17, 15) is 9.59 Å². The summed E-state index contributed by atoms with van der Waals surface area (Å²) in [6, 6.07) is 15.8. The number of hydrogen-bond acceptors (Lipinski definition) is 3. The van der Waals surface area contributed by atoms with E-state index in [0.717, 1.165) is 12.0 Å². The number of halogens is 1. The first-order valence-electron chi connectivity index (χ1n) is 9.42. The molecule has 2 amide bonds. The van der Waals surface area contributed by atoms with Crippen molar-refractivity contribution in [3.05, 3.63) is 65.2 Å². The fraction of sp³-hybridized carbons (Fsp3) is 0.364. The van der Waals surface area contributed by atoms with E-state index >= 15 is 0 Å². The van der Waals surface area contributed by atoms with Crippen molar-refractivity contribution in [1.82, 2.24) is 10.2 Å². The number of amides is 2. The van der Waals surface area contributed by atoms with Crippen molar-refractivity contribution >= 4 is 23.4 Å².